The fraction of sp³-hybridized carbons (Fsp3) is 0.138. The quantitative estimate of drug-likeness (QED) is 0.322. The number of para-hydroxylation sites is 2. The Kier molecular flexibility index (Phi) is 8.36. The number of hydrogen-bond donors (Lipinski definition) is 4. The molecule has 3 aromatic carbocycles. The number of anilines is 2. The summed E-state index contributed by atoms with van der Waals surface area (Å²) < 4.78 is 5.29. The van der Waals surface area contributed by atoms with Crippen LogP contribution in [0.5, 0.6) is 11.5 Å². The van der Waals surface area contributed by atoms with Crippen molar-refractivity contribution in [2.24, 2.45) is 0 Å². The van der Waals surface area contributed by atoms with Crippen LogP contribution in [0, 0.1) is 11.3 Å². The van der Waals surface area contributed by atoms with Crippen LogP contribution in [0.4, 0.5) is 11.4 Å². The molecule has 1 atom stereocenters. The van der Waals surface area contributed by atoms with E-state index in [0.29, 0.717) is 33.2 Å². The van der Waals surface area contributed by atoms with Crippen molar-refractivity contribution in [3.8, 4) is 17.6 Å². The molecule has 8 nitrogen and oxygen atoms in total. The molecule has 38 heavy (non-hydrogen) atoms. The van der Waals surface area contributed by atoms with Gasteiger partial charge in [0.15, 0.2) is 11.5 Å². The number of aromatic hydroxyl groups is 1. The molecule has 2 amide bonds. The smallest absolute Gasteiger partial charge is 0.254 e. The van der Waals surface area contributed by atoms with Gasteiger partial charge in [-0.05, 0) is 48.9 Å². The van der Waals surface area contributed by atoms with E-state index in [1.807, 2.05) is 36.4 Å². The second-order valence-corrected chi connectivity index (χ2v) is 9.39. The first-order valence-electron chi connectivity index (χ1n) is 11.7. The number of nitrogens with one attached hydrogen (secondary N) is 3. The predicted octanol–water partition coefficient (Wildman–Crippen LogP) is 5.11. The van der Waals surface area contributed by atoms with Gasteiger partial charge in [-0.15, -0.1) is 0 Å². The number of nitrogens with zero attached hydrogens (tertiary/aromatic N) is 1. The lowest BCUT2D eigenvalue weighted by Crippen LogP contribution is -2.31. The van der Waals surface area contributed by atoms with Gasteiger partial charge in [0.1, 0.15) is 0 Å². The Hall–Kier alpha value is -4.68. The van der Waals surface area contributed by atoms with Gasteiger partial charge < -0.3 is 25.8 Å². The molecule has 4 rings (SSSR count). The highest BCUT2D eigenvalue weighted by Crippen LogP contribution is 2.43. The highest BCUT2D eigenvalue weighted by atomic mass is 32.2. The molecule has 0 spiro atoms. The summed E-state index contributed by atoms with van der Waals surface area (Å²) in [4.78, 5) is 26.1. The van der Waals surface area contributed by atoms with Gasteiger partial charge in [-0.25, -0.2) is 0 Å². The lowest BCUT2D eigenvalue weighted by atomic mass is 9.82. The summed E-state index contributed by atoms with van der Waals surface area (Å²) in [5.74, 6) is -1.17. The maximum absolute atomic E-state index is 13.5. The van der Waals surface area contributed by atoms with Crippen LogP contribution in [0.3, 0.4) is 0 Å². The van der Waals surface area contributed by atoms with Crippen molar-refractivity contribution < 1.29 is 19.4 Å². The fourth-order valence-electron chi connectivity index (χ4n) is 4.11. The van der Waals surface area contributed by atoms with Crippen LogP contribution >= 0.6 is 11.8 Å². The Morgan fingerprint density at radius 3 is 2.26 bits per heavy atom. The van der Waals surface area contributed by atoms with Crippen LogP contribution in [-0.4, -0.2) is 29.8 Å². The third-order valence-electron chi connectivity index (χ3n) is 5.87. The molecule has 9 heteroatoms. The Balaban J connectivity index is 1.68. The van der Waals surface area contributed by atoms with Crippen LogP contribution in [0.15, 0.2) is 101 Å². The van der Waals surface area contributed by atoms with Gasteiger partial charge >= 0.3 is 0 Å². The zero-order chi connectivity index (χ0) is 27.1. The number of amides is 2. The number of rotatable bonds is 8. The number of dihydropyridines is 1. The molecule has 0 bridgehead atoms. The molecule has 0 fully saturated rings. The van der Waals surface area contributed by atoms with Crippen molar-refractivity contribution in [2.75, 3.05) is 23.5 Å². The fourth-order valence-corrected chi connectivity index (χ4v) is 5.00. The second kappa shape index (κ2) is 12.0. The SMILES string of the molecule is COc1cc([C@@H]2C(C#N)=C(SCC(=O)Nc3ccccc3)NC(C)=C2C(=O)Nc2ccccc2)ccc1O. The third-order valence-corrected chi connectivity index (χ3v) is 6.88. The second-order valence-electron chi connectivity index (χ2n) is 8.41. The lowest BCUT2D eigenvalue weighted by molar-refractivity contribution is -0.114. The zero-order valence-corrected chi connectivity index (χ0v) is 21.6. The number of allylic oxidation sites excluding steroid dienone is 2. The Morgan fingerprint density at radius 2 is 1.66 bits per heavy atom. The average molecular weight is 527 g/mol. The number of ether oxygens (including phenoxy) is 1. The summed E-state index contributed by atoms with van der Waals surface area (Å²) in [6.07, 6.45) is 0. The number of carbonyl (C=O) groups excluding carboxylic acids is 2. The summed E-state index contributed by atoms with van der Waals surface area (Å²) in [5, 5.41) is 29.8. The van der Waals surface area contributed by atoms with Crippen LogP contribution in [0.2, 0.25) is 0 Å². The minimum absolute atomic E-state index is 0.0485. The molecule has 1 aliphatic rings. The standard InChI is InChI=1S/C29H26N4O4S/c1-18-26(28(36)33-21-11-7-4-8-12-21)27(19-13-14-23(34)24(15-19)37-2)22(16-30)29(31-18)38-17-25(35)32-20-9-5-3-6-10-20/h3-15,27,31,34H,17H2,1-2H3,(H,32,35)(H,33,36)/t27-/m1/s1. The number of carbonyl (C=O) groups is 2. The number of hydrogen-bond acceptors (Lipinski definition) is 7. The zero-order valence-electron chi connectivity index (χ0n) is 20.8. The molecule has 0 aromatic heterocycles. The average Bonchev–Trinajstić information content (AvgIpc) is 2.92. The molecule has 3 aromatic rings. The van der Waals surface area contributed by atoms with E-state index in [0.717, 1.165) is 0 Å². The van der Waals surface area contributed by atoms with Gasteiger partial charge in [-0.3, -0.25) is 9.59 Å². The topological polar surface area (TPSA) is 123 Å². The predicted molar refractivity (Wildman–Crippen MR) is 148 cm³/mol. The summed E-state index contributed by atoms with van der Waals surface area (Å²) in [6.45, 7) is 1.75. The first kappa shape index (κ1) is 26.4. The molecule has 0 aliphatic carbocycles. The maximum Gasteiger partial charge on any atom is 0.254 e. The van der Waals surface area contributed by atoms with Crippen molar-refractivity contribution >= 4 is 35.0 Å². The third kappa shape index (κ3) is 5.99. The molecule has 0 saturated carbocycles. The summed E-state index contributed by atoms with van der Waals surface area (Å²) in [5.41, 5.74) is 3.03. The van der Waals surface area contributed by atoms with E-state index < -0.39 is 5.92 Å². The Bertz CT molecular complexity index is 1450. The highest BCUT2D eigenvalue weighted by molar-refractivity contribution is 8.03. The summed E-state index contributed by atoms with van der Waals surface area (Å²) in [6, 6.07) is 25.1. The van der Waals surface area contributed by atoms with Crippen molar-refractivity contribution in [1.82, 2.24) is 5.32 Å². The molecular weight excluding hydrogens is 500 g/mol. The van der Waals surface area contributed by atoms with Crippen molar-refractivity contribution in [3.63, 3.8) is 0 Å². The monoisotopic (exact) mass is 526 g/mol. The normalized spacial score (nSPS) is 14.8. The molecule has 4 N–H and O–H groups in total. The first-order valence-corrected chi connectivity index (χ1v) is 12.7. The maximum atomic E-state index is 13.5. The molecule has 0 unspecified atom stereocenters. The van der Waals surface area contributed by atoms with E-state index in [1.54, 1.807) is 43.3 Å². The lowest BCUT2D eigenvalue weighted by Gasteiger charge is -2.30. The minimum atomic E-state index is -0.765. The van der Waals surface area contributed by atoms with Crippen LogP contribution in [-0.2, 0) is 9.59 Å². The van der Waals surface area contributed by atoms with Gasteiger partial charge in [0.05, 0.1) is 35.5 Å². The molecule has 0 radical (unpaired) electrons. The van der Waals surface area contributed by atoms with Gasteiger partial charge in [-0.2, -0.15) is 5.26 Å². The van der Waals surface area contributed by atoms with Crippen LogP contribution in [0.1, 0.15) is 18.4 Å². The van der Waals surface area contributed by atoms with Gasteiger partial charge in [-0.1, -0.05) is 54.2 Å². The number of benzene rings is 3. The van der Waals surface area contributed by atoms with Crippen molar-refractivity contribution in [3.05, 3.63) is 106 Å². The number of phenolic OH excluding ortho intramolecular Hbond substituents is 1. The van der Waals surface area contributed by atoms with Gasteiger partial charge in [0.2, 0.25) is 5.91 Å². The van der Waals surface area contributed by atoms with E-state index in [1.165, 1.54) is 24.9 Å². The largest absolute Gasteiger partial charge is 0.504 e. The number of thioether (sulfide) groups is 1. The van der Waals surface area contributed by atoms with E-state index >= 15 is 0 Å². The minimum Gasteiger partial charge on any atom is -0.504 e. The Morgan fingerprint density at radius 1 is 1.03 bits per heavy atom. The van der Waals surface area contributed by atoms with Gasteiger partial charge in [0, 0.05) is 22.6 Å². The molecule has 192 valence electrons. The molecule has 1 aliphatic heterocycles. The highest BCUT2D eigenvalue weighted by Gasteiger charge is 2.35. The van der Waals surface area contributed by atoms with Gasteiger partial charge in [0.25, 0.3) is 5.91 Å². The van der Waals surface area contributed by atoms with Crippen LogP contribution < -0.4 is 20.7 Å². The van der Waals surface area contributed by atoms with Crippen LogP contribution in [0.25, 0.3) is 0 Å². The molecule has 1 heterocycles. The van der Waals surface area contributed by atoms with E-state index in [-0.39, 0.29) is 34.6 Å². The van der Waals surface area contributed by atoms with Crippen molar-refractivity contribution in [1.29, 1.82) is 5.26 Å². The van der Waals surface area contributed by atoms with E-state index in [2.05, 4.69) is 22.0 Å². The number of phenols is 1. The van der Waals surface area contributed by atoms with Crippen molar-refractivity contribution in [2.45, 2.75) is 12.8 Å². The number of nitriles is 1. The number of methoxy groups -OCH3 is 1. The van der Waals surface area contributed by atoms with E-state index in [4.69, 9.17) is 4.74 Å². The summed E-state index contributed by atoms with van der Waals surface area (Å²) in [7, 11) is 1.43. The summed E-state index contributed by atoms with van der Waals surface area (Å²) >= 11 is 1.18. The van der Waals surface area contributed by atoms with E-state index in [9.17, 15) is 20.0 Å². The molecular formula is C29H26N4O4S. The Labute approximate surface area is 225 Å². The first-order chi connectivity index (χ1) is 18.4. The molecule has 0 saturated heterocycles.